The zero-order valence-electron chi connectivity index (χ0n) is 15.4. The number of nitrogens with zero attached hydrogens (tertiary/aromatic N) is 2. The molecule has 0 aliphatic carbocycles. The van der Waals surface area contributed by atoms with E-state index in [0.29, 0.717) is 12.1 Å². The van der Waals surface area contributed by atoms with Gasteiger partial charge in [-0.25, -0.2) is 0 Å². The Balaban J connectivity index is 2.10. The largest absolute Gasteiger partial charge is 0.497 e. The van der Waals surface area contributed by atoms with E-state index in [-0.39, 0.29) is 0 Å². The Bertz CT molecular complexity index is 512. The van der Waals surface area contributed by atoms with Crippen molar-refractivity contribution in [1.82, 2.24) is 15.1 Å². The summed E-state index contributed by atoms with van der Waals surface area (Å²) in [5.41, 5.74) is 1.27. The Labute approximate surface area is 152 Å². The molecule has 2 rings (SSSR count). The fourth-order valence-corrected chi connectivity index (χ4v) is 3.41. The lowest BCUT2D eigenvalue weighted by Gasteiger charge is -2.39. The van der Waals surface area contributed by atoms with E-state index < -0.39 is 0 Å². The van der Waals surface area contributed by atoms with E-state index in [4.69, 9.17) is 17.0 Å². The lowest BCUT2D eigenvalue weighted by Crippen LogP contribution is -2.51. The second-order valence-electron chi connectivity index (χ2n) is 6.77. The van der Waals surface area contributed by atoms with Crippen LogP contribution in [0.25, 0.3) is 0 Å². The molecule has 1 fully saturated rings. The fraction of sp³-hybridized carbons (Fsp3) is 0.632. The number of rotatable bonds is 6. The lowest BCUT2D eigenvalue weighted by molar-refractivity contribution is 0.170. The molecule has 0 saturated carbocycles. The second kappa shape index (κ2) is 9.23. The van der Waals surface area contributed by atoms with Gasteiger partial charge in [0, 0.05) is 18.6 Å². The number of ether oxygens (including phenoxy) is 1. The summed E-state index contributed by atoms with van der Waals surface area (Å²) in [6.45, 7) is 7.49. The number of hydrogen-bond donors (Lipinski definition) is 1. The third-order valence-electron chi connectivity index (χ3n) is 4.88. The summed E-state index contributed by atoms with van der Waals surface area (Å²) in [5, 5.41) is 4.38. The Morgan fingerprint density at radius 3 is 2.50 bits per heavy atom. The van der Waals surface area contributed by atoms with Crippen molar-refractivity contribution in [3.05, 3.63) is 29.8 Å². The van der Waals surface area contributed by atoms with Gasteiger partial charge in [0.25, 0.3) is 0 Å². The van der Waals surface area contributed by atoms with Crippen LogP contribution in [0.5, 0.6) is 5.75 Å². The van der Waals surface area contributed by atoms with Crippen LogP contribution >= 0.6 is 12.2 Å². The maximum atomic E-state index is 5.75. The van der Waals surface area contributed by atoms with Crippen molar-refractivity contribution < 1.29 is 4.74 Å². The van der Waals surface area contributed by atoms with Crippen LogP contribution in [0.15, 0.2) is 24.3 Å². The first-order valence-electron chi connectivity index (χ1n) is 8.92. The van der Waals surface area contributed by atoms with Crippen LogP contribution in [0.4, 0.5) is 0 Å². The molecule has 0 bridgehead atoms. The molecule has 1 atom stereocenters. The van der Waals surface area contributed by atoms with E-state index in [0.717, 1.165) is 49.8 Å². The van der Waals surface area contributed by atoms with Gasteiger partial charge < -0.3 is 19.9 Å². The van der Waals surface area contributed by atoms with E-state index in [9.17, 15) is 0 Å². The van der Waals surface area contributed by atoms with Crippen LogP contribution in [0.2, 0.25) is 0 Å². The molecule has 1 aliphatic heterocycles. The van der Waals surface area contributed by atoms with Crippen LogP contribution in [0.1, 0.15) is 38.7 Å². The summed E-state index contributed by atoms with van der Waals surface area (Å²) >= 11 is 5.75. The van der Waals surface area contributed by atoms with Crippen LogP contribution in [-0.2, 0) is 6.54 Å². The molecule has 4 nitrogen and oxygen atoms in total. The minimum atomic E-state index is 0.405. The predicted octanol–water partition coefficient (Wildman–Crippen LogP) is 3.26. The van der Waals surface area contributed by atoms with Gasteiger partial charge in [-0.05, 0) is 76.2 Å². The van der Waals surface area contributed by atoms with Crippen molar-refractivity contribution in [2.45, 2.75) is 51.7 Å². The first kappa shape index (κ1) is 19.0. The van der Waals surface area contributed by atoms with Gasteiger partial charge in [0.1, 0.15) is 5.75 Å². The number of thiocarbonyl (C=S) groups is 1. The highest BCUT2D eigenvalue weighted by molar-refractivity contribution is 7.80. The fourth-order valence-electron chi connectivity index (χ4n) is 3.00. The van der Waals surface area contributed by atoms with Gasteiger partial charge in [-0.1, -0.05) is 19.1 Å². The average molecular weight is 350 g/mol. The summed E-state index contributed by atoms with van der Waals surface area (Å²) in [6.07, 6.45) is 3.40. The molecule has 5 heteroatoms. The highest BCUT2D eigenvalue weighted by Gasteiger charge is 2.25. The van der Waals surface area contributed by atoms with Gasteiger partial charge in [-0.3, -0.25) is 0 Å². The van der Waals surface area contributed by atoms with Gasteiger partial charge in [0.2, 0.25) is 0 Å². The number of likely N-dealkylation sites (tertiary alicyclic amines) is 1. The summed E-state index contributed by atoms with van der Waals surface area (Å²) in [5.74, 6) is 0.893. The van der Waals surface area contributed by atoms with Crippen LogP contribution in [0.3, 0.4) is 0 Å². The number of hydrogen-bond acceptors (Lipinski definition) is 3. The van der Waals surface area contributed by atoms with Crippen molar-refractivity contribution in [3.8, 4) is 5.75 Å². The molecule has 1 unspecified atom stereocenters. The Morgan fingerprint density at radius 2 is 1.96 bits per heavy atom. The zero-order chi connectivity index (χ0) is 17.5. The van der Waals surface area contributed by atoms with Crippen molar-refractivity contribution in [2.24, 2.45) is 0 Å². The van der Waals surface area contributed by atoms with E-state index in [1.54, 1.807) is 7.11 Å². The summed E-state index contributed by atoms with van der Waals surface area (Å²) in [4.78, 5) is 4.78. The maximum Gasteiger partial charge on any atom is 0.169 e. The number of piperidine rings is 1. The maximum absolute atomic E-state index is 5.75. The van der Waals surface area contributed by atoms with Crippen LogP contribution in [0, 0.1) is 0 Å². The van der Waals surface area contributed by atoms with Gasteiger partial charge in [-0.15, -0.1) is 0 Å². The first-order valence-corrected chi connectivity index (χ1v) is 9.33. The highest BCUT2D eigenvalue weighted by atomic mass is 32.1. The summed E-state index contributed by atoms with van der Waals surface area (Å²) in [6, 6.07) is 9.22. The minimum absolute atomic E-state index is 0.405. The van der Waals surface area contributed by atoms with Crippen LogP contribution in [-0.4, -0.2) is 54.2 Å². The standard InChI is InChI=1S/C19H31N3OS/c1-5-15(2)20-19(24)22(17-10-12-21(3)13-11-17)14-16-6-8-18(23-4)9-7-16/h6-9,15,17H,5,10-14H2,1-4H3,(H,20,24). The van der Waals surface area contributed by atoms with Gasteiger partial charge in [0.15, 0.2) is 5.11 Å². The third kappa shape index (κ3) is 5.35. The number of methoxy groups -OCH3 is 1. The van der Waals surface area contributed by atoms with E-state index in [2.05, 4.69) is 48.1 Å². The molecule has 134 valence electrons. The molecular formula is C19H31N3OS. The summed E-state index contributed by atoms with van der Waals surface area (Å²) < 4.78 is 5.26. The molecule has 1 heterocycles. The Morgan fingerprint density at radius 1 is 1.33 bits per heavy atom. The van der Waals surface area contributed by atoms with Crippen molar-refractivity contribution in [1.29, 1.82) is 0 Å². The van der Waals surface area contributed by atoms with Gasteiger partial charge >= 0.3 is 0 Å². The van der Waals surface area contributed by atoms with E-state index in [1.165, 1.54) is 5.56 Å². The number of nitrogens with one attached hydrogen (secondary N) is 1. The zero-order valence-corrected chi connectivity index (χ0v) is 16.2. The smallest absolute Gasteiger partial charge is 0.169 e. The highest BCUT2D eigenvalue weighted by Crippen LogP contribution is 2.20. The Hall–Kier alpha value is -1.33. The molecule has 1 saturated heterocycles. The monoisotopic (exact) mass is 349 g/mol. The molecule has 1 N–H and O–H groups in total. The lowest BCUT2D eigenvalue weighted by atomic mass is 10.0. The van der Waals surface area contributed by atoms with Gasteiger partial charge in [0.05, 0.1) is 7.11 Å². The van der Waals surface area contributed by atoms with Crippen molar-refractivity contribution in [3.63, 3.8) is 0 Å². The molecule has 24 heavy (non-hydrogen) atoms. The third-order valence-corrected chi connectivity index (χ3v) is 5.24. The normalized spacial score (nSPS) is 17.3. The minimum Gasteiger partial charge on any atom is -0.497 e. The topological polar surface area (TPSA) is 27.7 Å². The second-order valence-corrected chi connectivity index (χ2v) is 7.16. The quantitative estimate of drug-likeness (QED) is 0.796. The Kier molecular flexibility index (Phi) is 7.31. The van der Waals surface area contributed by atoms with Crippen molar-refractivity contribution in [2.75, 3.05) is 27.2 Å². The van der Waals surface area contributed by atoms with Crippen molar-refractivity contribution >= 4 is 17.3 Å². The molecule has 0 amide bonds. The SMILES string of the molecule is CCC(C)NC(=S)N(Cc1ccc(OC)cc1)C1CCN(C)CC1. The number of benzene rings is 1. The average Bonchev–Trinajstić information content (AvgIpc) is 2.60. The first-order chi connectivity index (χ1) is 11.5. The molecule has 1 aromatic rings. The molecule has 0 spiro atoms. The molecule has 0 aromatic heterocycles. The molecule has 0 radical (unpaired) electrons. The molecule has 1 aromatic carbocycles. The van der Waals surface area contributed by atoms with E-state index in [1.807, 2.05) is 12.1 Å². The molecule has 1 aliphatic rings. The predicted molar refractivity (Wildman–Crippen MR) is 105 cm³/mol. The molecular weight excluding hydrogens is 318 g/mol. The summed E-state index contributed by atoms with van der Waals surface area (Å²) in [7, 11) is 3.89. The van der Waals surface area contributed by atoms with Crippen LogP contribution < -0.4 is 10.1 Å². The van der Waals surface area contributed by atoms with Gasteiger partial charge in [-0.2, -0.15) is 0 Å². The van der Waals surface area contributed by atoms with E-state index >= 15 is 0 Å².